The first-order chi connectivity index (χ1) is 17.7. The van der Waals surface area contributed by atoms with Crippen molar-refractivity contribution < 1.29 is 23.9 Å². The molecule has 2 aromatic rings. The highest BCUT2D eigenvalue weighted by molar-refractivity contribution is 6.40. The third kappa shape index (κ3) is 4.84. The van der Waals surface area contributed by atoms with Crippen molar-refractivity contribution in [2.45, 2.75) is 36.8 Å². The lowest BCUT2D eigenvalue weighted by atomic mass is 9.56. The molecule has 5 rings (SSSR count). The van der Waals surface area contributed by atoms with Crippen LogP contribution in [0.4, 0.5) is 0 Å². The van der Waals surface area contributed by atoms with Crippen LogP contribution in [0.1, 0.15) is 45.9 Å². The maximum Gasteiger partial charge on any atom is 0.255 e. The number of piperidine rings is 1. The first kappa shape index (κ1) is 25.7. The number of carbonyl (C=O) groups excluding carboxylic acids is 3. The summed E-state index contributed by atoms with van der Waals surface area (Å²) in [5.41, 5.74) is 4.83. The second-order valence-corrected chi connectivity index (χ2v) is 10.7. The van der Waals surface area contributed by atoms with Gasteiger partial charge in [0.2, 0.25) is 11.8 Å². The molecule has 3 heterocycles. The fourth-order valence-corrected chi connectivity index (χ4v) is 5.74. The minimum absolute atomic E-state index is 0.0999. The molecule has 3 amide bonds. The molecule has 0 aliphatic carbocycles. The molecule has 0 spiro atoms. The molecule has 2 saturated heterocycles. The van der Waals surface area contributed by atoms with Crippen LogP contribution >= 0.6 is 0 Å². The van der Waals surface area contributed by atoms with Crippen LogP contribution in [0.15, 0.2) is 36.4 Å². The Morgan fingerprint density at radius 1 is 1.11 bits per heavy atom. The molecule has 0 aromatic heterocycles. The van der Waals surface area contributed by atoms with Crippen molar-refractivity contribution in [2.24, 2.45) is 0 Å². The van der Waals surface area contributed by atoms with Gasteiger partial charge in [0.15, 0.2) is 7.85 Å². The maximum absolute atomic E-state index is 13.1. The number of rotatable bonds is 6. The van der Waals surface area contributed by atoms with E-state index in [2.05, 4.69) is 52.0 Å². The summed E-state index contributed by atoms with van der Waals surface area (Å²) in [5, 5.41) is 2.25. The quantitative estimate of drug-likeness (QED) is 0.342. The van der Waals surface area contributed by atoms with Gasteiger partial charge < -0.3 is 19.3 Å². The van der Waals surface area contributed by atoms with Crippen LogP contribution in [0, 0.1) is 0 Å². The van der Waals surface area contributed by atoms with Gasteiger partial charge in [-0.25, -0.2) is 0 Å². The molecule has 0 saturated carbocycles. The zero-order valence-corrected chi connectivity index (χ0v) is 22.0. The van der Waals surface area contributed by atoms with Crippen LogP contribution in [0.25, 0.3) is 0 Å². The SMILES string of the molecule is Bc1cc(C(B)(B)N2CCOCC2)ccc1C(B)Oc1cccc2c1CN(C1CCC(=O)NC1=O)C2=O. The fraction of sp³-hybridized carbons (Fsp3) is 0.400. The van der Waals surface area contributed by atoms with Crippen molar-refractivity contribution in [1.29, 1.82) is 0 Å². The van der Waals surface area contributed by atoms with E-state index >= 15 is 0 Å². The summed E-state index contributed by atoms with van der Waals surface area (Å²) >= 11 is 0. The van der Waals surface area contributed by atoms with Gasteiger partial charge in [-0.15, -0.1) is 0 Å². The summed E-state index contributed by atoms with van der Waals surface area (Å²) in [4.78, 5) is 41.1. The largest absolute Gasteiger partial charge is 0.495 e. The molecule has 2 fully saturated rings. The number of carbonyl (C=O) groups is 3. The Bertz CT molecular complexity index is 1250. The molecule has 3 aliphatic heterocycles. The average Bonchev–Trinajstić information content (AvgIpc) is 3.21. The van der Waals surface area contributed by atoms with Gasteiger partial charge in [0.25, 0.3) is 5.91 Å². The summed E-state index contributed by atoms with van der Waals surface area (Å²) in [6.45, 7) is 3.64. The average molecular weight is 497 g/mol. The van der Waals surface area contributed by atoms with Gasteiger partial charge in [0.1, 0.15) is 35.3 Å². The molecule has 12 heteroatoms. The molecule has 2 unspecified atom stereocenters. The van der Waals surface area contributed by atoms with Crippen molar-refractivity contribution in [1.82, 2.24) is 15.1 Å². The topological polar surface area (TPSA) is 88.2 Å². The van der Waals surface area contributed by atoms with Gasteiger partial charge in [-0.05, 0) is 35.0 Å². The number of ether oxygens (including phenoxy) is 2. The predicted molar refractivity (Wildman–Crippen MR) is 150 cm³/mol. The molecule has 37 heavy (non-hydrogen) atoms. The molecule has 2 atom stereocenters. The lowest BCUT2D eigenvalue weighted by Crippen LogP contribution is -2.52. The number of benzene rings is 2. The lowest BCUT2D eigenvalue weighted by molar-refractivity contribution is -0.136. The Balaban J connectivity index is 1.34. The van der Waals surface area contributed by atoms with Crippen LogP contribution in [0.3, 0.4) is 0 Å². The summed E-state index contributed by atoms with van der Waals surface area (Å²) < 4.78 is 12.0. The maximum atomic E-state index is 13.1. The number of hydrogen-bond acceptors (Lipinski definition) is 6. The van der Waals surface area contributed by atoms with Crippen molar-refractivity contribution in [3.8, 4) is 5.75 Å². The number of imide groups is 1. The number of fused-ring (bicyclic) bond motifs is 1. The van der Waals surface area contributed by atoms with E-state index in [0.29, 0.717) is 17.7 Å². The van der Waals surface area contributed by atoms with Crippen molar-refractivity contribution in [2.75, 3.05) is 26.3 Å². The van der Waals surface area contributed by atoms with Gasteiger partial charge in [0.05, 0.1) is 25.8 Å². The molecule has 2 aromatic carbocycles. The third-order valence-corrected chi connectivity index (χ3v) is 8.06. The molecule has 1 N–H and O–H groups in total. The fourth-order valence-electron chi connectivity index (χ4n) is 5.74. The van der Waals surface area contributed by atoms with E-state index in [4.69, 9.17) is 9.47 Å². The number of nitrogens with zero attached hydrogens (tertiary/aromatic N) is 2. The summed E-state index contributed by atoms with van der Waals surface area (Å²) in [6.07, 6.45) is 0.567. The molecular formula is C25H31B4N3O5. The summed E-state index contributed by atoms with van der Waals surface area (Å²) in [7, 11) is 8.64. The Kier molecular flexibility index (Phi) is 6.98. The lowest BCUT2D eigenvalue weighted by Gasteiger charge is -2.42. The predicted octanol–water partition coefficient (Wildman–Crippen LogP) is -2.87. The Labute approximate surface area is 221 Å². The summed E-state index contributed by atoms with van der Waals surface area (Å²) in [6, 6.07) is 11.2. The molecule has 8 nitrogen and oxygen atoms in total. The third-order valence-electron chi connectivity index (χ3n) is 8.06. The van der Waals surface area contributed by atoms with Crippen molar-refractivity contribution >= 4 is 54.6 Å². The molecular weight excluding hydrogens is 466 g/mol. The molecule has 188 valence electrons. The van der Waals surface area contributed by atoms with Gasteiger partial charge in [0, 0.05) is 30.6 Å². The van der Waals surface area contributed by atoms with E-state index in [-0.39, 0.29) is 36.1 Å². The van der Waals surface area contributed by atoms with Crippen LogP contribution in [0.2, 0.25) is 0 Å². The van der Waals surface area contributed by atoms with E-state index in [1.807, 2.05) is 20.0 Å². The van der Waals surface area contributed by atoms with E-state index in [1.165, 1.54) is 5.56 Å². The van der Waals surface area contributed by atoms with E-state index in [1.54, 1.807) is 11.0 Å². The highest BCUT2D eigenvalue weighted by Crippen LogP contribution is 2.35. The Morgan fingerprint density at radius 2 is 1.86 bits per heavy atom. The second-order valence-electron chi connectivity index (χ2n) is 10.7. The minimum Gasteiger partial charge on any atom is -0.495 e. The zero-order valence-electron chi connectivity index (χ0n) is 22.0. The number of nitrogens with one attached hydrogen (secondary N) is 1. The number of hydrogen-bond donors (Lipinski definition) is 1. The van der Waals surface area contributed by atoms with E-state index < -0.39 is 11.9 Å². The number of morpholine rings is 1. The first-order valence-corrected chi connectivity index (χ1v) is 13.0. The first-order valence-electron chi connectivity index (χ1n) is 13.0. The van der Waals surface area contributed by atoms with Gasteiger partial charge in [-0.3, -0.25) is 19.7 Å². The molecule has 0 radical (unpaired) electrons. The molecule has 0 bridgehead atoms. The molecule has 3 aliphatic rings. The Morgan fingerprint density at radius 3 is 2.57 bits per heavy atom. The Hall–Kier alpha value is -2.97. The van der Waals surface area contributed by atoms with Crippen LogP contribution < -0.4 is 15.5 Å². The smallest absolute Gasteiger partial charge is 0.255 e. The van der Waals surface area contributed by atoms with Gasteiger partial charge in [-0.2, -0.15) is 0 Å². The second kappa shape index (κ2) is 10.1. The van der Waals surface area contributed by atoms with E-state index in [0.717, 1.165) is 42.9 Å². The standard InChI is InChI=1S/C25H31B4N3O5/c26-18-12-14(25(28,29)31-8-10-36-11-9-31)4-5-16(18)22(27)37-20-3-1-2-15-17(20)13-32(24(15)35)19-6-7-21(33)30-23(19)34/h1-5,12,19,22H,6-11,13,26-29H2,(H,30,33,34). The van der Waals surface area contributed by atoms with Crippen LogP contribution in [-0.2, 0) is 26.2 Å². The van der Waals surface area contributed by atoms with Crippen molar-refractivity contribution in [3.63, 3.8) is 0 Å². The van der Waals surface area contributed by atoms with Crippen LogP contribution in [0.5, 0.6) is 5.75 Å². The number of amides is 3. The summed E-state index contributed by atoms with van der Waals surface area (Å²) in [5.74, 6) is -0.263. The normalized spacial score (nSPS) is 21.5. The highest BCUT2D eigenvalue weighted by Gasteiger charge is 2.40. The minimum atomic E-state index is -0.646. The van der Waals surface area contributed by atoms with Crippen molar-refractivity contribution in [3.05, 3.63) is 58.7 Å². The highest BCUT2D eigenvalue weighted by atomic mass is 16.5. The zero-order chi connectivity index (χ0) is 26.3. The van der Waals surface area contributed by atoms with Gasteiger partial charge >= 0.3 is 0 Å². The van der Waals surface area contributed by atoms with Gasteiger partial charge in [-0.1, -0.05) is 29.7 Å². The van der Waals surface area contributed by atoms with E-state index in [9.17, 15) is 14.4 Å². The van der Waals surface area contributed by atoms with Crippen LogP contribution in [-0.4, -0.2) is 91.3 Å². The monoisotopic (exact) mass is 497 g/mol.